The molecule has 1 aliphatic heterocycles. The predicted molar refractivity (Wildman–Crippen MR) is 72.2 cm³/mol. The van der Waals surface area contributed by atoms with Crippen LogP contribution in [0.25, 0.3) is 0 Å². The number of oxazole rings is 1. The number of aliphatic hydroxyl groups is 2. The second kappa shape index (κ2) is 5.93. The van der Waals surface area contributed by atoms with Crippen LogP contribution in [0.1, 0.15) is 42.4 Å². The number of carbonyl (C=O) groups is 1. The molecule has 2 rings (SSSR count). The molecule has 6 heteroatoms. The fraction of sp³-hybridized carbons (Fsp3) is 0.714. The van der Waals surface area contributed by atoms with Crippen LogP contribution in [0.5, 0.6) is 0 Å². The molecule has 2 atom stereocenters. The van der Waals surface area contributed by atoms with E-state index >= 15 is 0 Å². The van der Waals surface area contributed by atoms with Gasteiger partial charge >= 0.3 is 0 Å². The van der Waals surface area contributed by atoms with Gasteiger partial charge in [-0.2, -0.15) is 0 Å². The van der Waals surface area contributed by atoms with E-state index < -0.39 is 11.5 Å². The Morgan fingerprint density at radius 2 is 2.40 bits per heavy atom. The van der Waals surface area contributed by atoms with E-state index in [1.807, 2.05) is 6.92 Å². The Hall–Kier alpha value is -1.40. The lowest BCUT2D eigenvalue weighted by Gasteiger charge is -2.45. The largest absolute Gasteiger partial charge is 0.448 e. The van der Waals surface area contributed by atoms with Gasteiger partial charge in [-0.1, -0.05) is 13.3 Å². The fourth-order valence-corrected chi connectivity index (χ4v) is 2.96. The highest BCUT2D eigenvalue weighted by molar-refractivity contribution is 5.93. The average Bonchev–Trinajstić information content (AvgIpc) is 2.87. The molecule has 20 heavy (non-hydrogen) atoms. The topological polar surface area (TPSA) is 86.8 Å². The van der Waals surface area contributed by atoms with Gasteiger partial charge in [-0.3, -0.25) is 4.79 Å². The number of rotatable bonds is 4. The van der Waals surface area contributed by atoms with E-state index in [9.17, 15) is 15.0 Å². The van der Waals surface area contributed by atoms with Gasteiger partial charge in [0.2, 0.25) is 0 Å². The monoisotopic (exact) mass is 282 g/mol. The number of piperidine rings is 1. The Morgan fingerprint density at radius 3 is 2.95 bits per heavy atom. The van der Waals surface area contributed by atoms with Crippen LogP contribution in [-0.4, -0.2) is 51.8 Å². The Bertz CT molecular complexity index is 473. The van der Waals surface area contributed by atoms with Crippen LogP contribution in [0.3, 0.4) is 0 Å². The maximum absolute atomic E-state index is 12.4. The summed E-state index contributed by atoms with van der Waals surface area (Å²) in [6.45, 7) is 4.40. The van der Waals surface area contributed by atoms with Crippen molar-refractivity contribution in [1.29, 1.82) is 0 Å². The smallest absolute Gasteiger partial charge is 0.276 e. The molecule has 0 aliphatic carbocycles. The van der Waals surface area contributed by atoms with Crippen LogP contribution >= 0.6 is 0 Å². The van der Waals surface area contributed by atoms with Crippen molar-refractivity contribution in [1.82, 2.24) is 9.88 Å². The third kappa shape index (κ3) is 2.58. The molecule has 6 nitrogen and oxygen atoms in total. The zero-order valence-corrected chi connectivity index (χ0v) is 12.0. The minimum absolute atomic E-state index is 0.121. The second-order valence-electron chi connectivity index (χ2n) is 5.56. The number of aromatic nitrogens is 1. The standard InChI is InChI=1S/C14H22N2O4/c1-3-5-14(8-17)7-16(6-4-11(14)18)13(19)12-10(2)20-9-15-12/h9,11,17-18H,3-8H2,1-2H3/t11-,14+/m1/s1. The van der Waals surface area contributed by atoms with E-state index in [1.165, 1.54) is 6.39 Å². The van der Waals surface area contributed by atoms with Gasteiger partial charge in [0, 0.05) is 18.5 Å². The number of amides is 1. The van der Waals surface area contributed by atoms with Gasteiger partial charge in [-0.25, -0.2) is 4.98 Å². The maximum Gasteiger partial charge on any atom is 0.276 e. The number of hydrogen-bond donors (Lipinski definition) is 2. The highest BCUT2D eigenvalue weighted by Gasteiger charge is 2.43. The molecule has 2 heterocycles. The van der Waals surface area contributed by atoms with Gasteiger partial charge in [0.05, 0.1) is 12.7 Å². The van der Waals surface area contributed by atoms with Crippen LogP contribution in [0.2, 0.25) is 0 Å². The first-order chi connectivity index (χ1) is 9.54. The first kappa shape index (κ1) is 15.0. The third-order valence-electron chi connectivity index (χ3n) is 4.18. The van der Waals surface area contributed by atoms with Crippen LogP contribution in [0.15, 0.2) is 10.8 Å². The molecule has 1 fully saturated rings. The summed E-state index contributed by atoms with van der Waals surface area (Å²) in [6.07, 6.45) is 2.69. The third-order valence-corrected chi connectivity index (χ3v) is 4.18. The molecule has 0 bridgehead atoms. The zero-order valence-electron chi connectivity index (χ0n) is 12.0. The molecule has 0 aromatic carbocycles. The molecule has 0 spiro atoms. The first-order valence-corrected chi connectivity index (χ1v) is 7.02. The molecule has 1 aromatic heterocycles. The number of aliphatic hydroxyl groups excluding tert-OH is 2. The number of nitrogens with zero attached hydrogens (tertiary/aromatic N) is 2. The van der Waals surface area contributed by atoms with E-state index in [4.69, 9.17) is 4.42 Å². The number of hydrogen-bond acceptors (Lipinski definition) is 5. The van der Waals surface area contributed by atoms with Crippen molar-refractivity contribution in [3.8, 4) is 0 Å². The van der Waals surface area contributed by atoms with Crippen molar-refractivity contribution in [3.63, 3.8) is 0 Å². The Kier molecular flexibility index (Phi) is 4.45. The van der Waals surface area contributed by atoms with Crippen molar-refractivity contribution in [2.45, 2.75) is 39.2 Å². The van der Waals surface area contributed by atoms with Gasteiger partial charge in [-0.15, -0.1) is 0 Å². The SMILES string of the molecule is CCC[C@@]1(CO)CN(C(=O)c2ncoc2C)CC[C@H]1O. The van der Waals surface area contributed by atoms with Crippen molar-refractivity contribution in [2.75, 3.05) is 19.7 Å². The molecule has 0 unspecified atom stereocenters. The lowest BCUT2D eigenvalue weighted by Crippen LogP contribution is -2.55. The highest BCUT2D eigenvalue weighted by atomic mass is 16.3. The van der Waals surface area contributed by atoms with Gasteiger partial charge < -0.3 is 19.5 Å². The molecule has 1 aromatic rings. The minimum Gasteiger partial charge on any atom is -0.448 e. The number of likely N-dealkylation sites (tertiary alicyclic amines) is 1. The van der Waals surface area contributed by atoms with Gasteiger partial charge in [0.1, 0.15) is 5.76 Å². The summed E-state index contributed by atoms with van der Waals surface area (Å²) in [5.74, 6) is 0.295. The molecule has 0 radical (unpaired) electrons. The lowest BCUT2D eigenvalue weighted by atomic mass is 9.74. The highest BCUT2D eigenvalue weighted by Crippen LogP contribution is 2.35. The molecule has 2 N–H and O–H groups in total. The quantitative estimate of drug-likeness (QED) is 0.859. The Labute approximate surface area is 118 Å². The summed E-state index contributed by atoms with van der Waals surface area (Å²) < 4.78 is 5.07. The van der Waals surface area contributed by atoms with Crippen molar-refractivity contribution in [3.05, 3.63) is 17.8 Å². The molecule has 1 amide bonds. The zero-order chi connectivity index (χ0) is 14.8. The van der Waals surface area contributed by atoms with Gasteiger partial charge in [-0.05, 0) is 19.8 Å². The summed E-state index contributed by atoms with van der Waals surface area (Å²) in [5.41, 5.74) is -0.315. The molecule has 1 aliphatic rings. The van der Waals surface area contributed by atoms with E-state index in [0.29, 0.717) is 37.4 Å². The van der Waals surface area contributed by atoms with Crippen LogP contribution < -0.4 is 0 Å². The summed E-state index contributed by atoms with van der Waals surface area (Å²) >= 11 is 0. The Morgan fingerprint density at radius 1 is 1.65 bits per heavy atom. The lowest BCUT2D eigenvalue weighted by molar-refractivity contribution is -0.0721. The second-order valence-corrected chi connectivity index (χ2v) is 5.56. The molecular formula is C14H22N2O4. The molecule has 0 saturated carbocycles. The summed E-state index contributed by atoms with van der Waals surface area (Å²) in [5, 5.41) is 19.9. The minimum atomic E-state index is -0.625. The maximum atomic E-state index is 12.4. The van der Waals surface area contributed by atoms with E-state index in [0.717, 1.165) is 6.42 Å². The van der Waals surface area contributed by atoms with Crippen molar-refractivity contribution >= 4 is 5.91 Å². The molecule has 1 saturated heterocycles. The van der Waals surface area contributed by atoms with Crippen molar-refractivity contribution < 1.29 is 19.4 Å². The summed E-state index contributed by atoms with van der Waals surface area (Å²) in [4.78, 5) is 18.0. The molecule has 112 valence electrons. The average molecular weight is 282 g/mol. The van der Waals surface area contributed by atoms with Crippen LogP contribution in [-0.2, 0) is 0 Å². The summed E-state index contributed by atoms with van der Waals surface area (Å²) in [6, 6.07) is 0. The fourth-order valence-electron chi connectivity index (χ4n) is 2.96. The van der Waals surface area contributed by atoms with Gasteiger partial charge in [0.25, 0.3) is 5.91 Å². The number of aryl methyl sites for hydroxylation is 1. The first-order valence-electron chi connectivity index (χ1n) is 7.02. The van der Waals surface area contributed by atoms with E-state index in [2.05, 4.69) is 4.98 Å². The van der Waals surface area contributed by atoms with Crippen molar-refractivity contribution in [2.24, 2.45) is 5.41 Å². The van der Waals surface area contributed by atoms with Crippen LogP contribution in [0, 0.1) is 12.3 Å². The van der Waals surface area contributed by atoms with E-state index in [1.54, 1.807) is 11.8 Å². The molecular weight excluding hydrogens is 260 g/mol. The van der Waals surface area contributed by atoms with Crippen LogP contribution in [0.4, 0.5) is 0 Å². The number of carbonyl (C=O) groups excluding carboxylic acids is 1. The summed E-state index contributed by atoms with van der Waals surface area (Å²) in [7, 11) is 0. The Balaban J connectivity index is 2.18. The van der Waals surface area contributed by atoms with E-state index in [-0.39, 0.29) is 12.5 Å². The normalized spacial score (nSPS) is 26.8. The van der Waals surface area contributed by atoms with Gasteiger partial charge in [0.15, 0.2) is 12.1 Å². The predicted octanol–water partition coefficient (Wildman–Crippen LogP) is 0.969.